The Balaban J connectivity index is 4.11. The van der Waals surface area contributed by atoms with Gasteiger partial charge in [-0.25, -0.2) is 0 Å². The molecule has 382 valence electrons. The van der Waals surface area contributed by atoms with Gasteiger partial charge in [-0.05, 0) is 77.0 Å². The zero-order valence-electron chi connectivity index (χ0n) is 43.4. The summed E-state index contributed by atoms with van der Waals surface area (Å²) in [7, 11) is 1.35. The summed E-state index contributed by atoms with van der Waals surface area (Å²) in [4.78, 5) is 25.2. The molecular formula is C56H106NO7P. The number of quaternary nitrogens is 1. The van der Waals surface area contributed by atoms with Crippen molar-refractivity contribution in [2.45, 2.75) is 251 Å². The molecule has 2 unspecified atom stereocenters. The Bertz CT molecular complexity index is 1180. The van der Waals surface area contributed by atoms with E-state index in [4.69, 9.17) is 18.5 Å². The zero-order valence-corrected chi connectivity index (χ0v) is 44.3. The van der Waals surface area contributed by atoms with Crippen molar-refractivity contribution in [3.05, 3.63) is 48.6 Å². The molecule has 9 heteroatoms. The van der Waals surface area contributed by atoms with Crippen molar-refractivity contribution in [3.8, 4) is 0 Å². The molecule has 0 heterocycles. The molecular weight excluding hydrogens is 830 g/mol. The lowest BCUT2D eigenvalue weighted by Crippen LogP contribution is -2.37. The van der Waals surface area contributed by atoms with Crippen molar-refractivity contribution >= 4 is 13.8 Å². The number of unbranched alkanes of at least 4 members (excludes halogenated alkanes) is 29. The molecule has 0 spiro atoms. The molecule has 0 radical (unpaired) electrons. The Kier molecular flexibility index (Phi) is 47.7. The molecule has 8 nitrogen and oxygen atoms in total. The van der Waals surface area contributed by atoms with E-state index in [0.717, 1.165) is 57.8 Å². The standard InChI is InChI=1S/C56H106NO7P/c1-6-8-10-12-14-16-18-20-22-24-26-27-28-29-30-32-34-36-38-40-42-44-46-48-51-61-53-55(54-63-65(59,60)62-52-50-57(3,4)5)64-56(58)49-47-45-43-41-39-37-35-33-31-25-23-21-19-17-15-13-11-9-7-2/h15,17,21,23-24,26,31,33,55H,6-14,16,18-20,22,25,27-30,32,34-54H2,1-5H3/b17-15-,23-21-,26-24-,33-31-. The topological polar surface area (TPSA) is 94.1 Å². The normalized spacial score (nSPS) is 13.9. The number of carbonyl (C=O) groups excluding carboxylic acids is 1. The maximum atomic E-state index is 12.8. The van der Waals surface area contributed by atoms with Crippen molar-refractivity contribution in [1.82, 2.24) is 0 Å². The van der Waals surface area contributed by atoms with Crippen LogP contribution in [0.1, 0.15) is 245 Å². The summed E-state index contributed by atoms with van der Waals surface area (Å²) in [5, 5.41) is 0. The second-order valence-corrected chi connectivity index (χ2v) is 21.0. The van der Waals surface area contributed by atoms with E-state index in [2.05, 4.69) is 62.5 Å². The van der Waals surface area contributed by atoms with Gasteiger partial charge in [-0.1, -0.05) is 210 Å². The smallest absolute Gasteiger partial charge is 0.306 e. The number of hydrogen-bond acceptors (Lipinski definition) is 7. The molecule has 2 atom stereocenters. The predicted molar refractivity (Wildman–Crippen MR) is 277 cm³/mol. The molecule has 0 saturated carbocycles. The van der Waals surface area contributed by atoms with E-state index in [0.29, 0.717) is 24.1 Å². The van der Waals surface area contributed by atoms with Crippen LogP contribution in [0, 0.1) is 0 Å². The molecule has 0 amide bonds. The van der Waals surface area contributed by atoms with Crippen molar-refractivity contribution in [2.24, 2.45) is 0 Å². The predicted octanol–water partition coefficient (Wildman–Crippen LogP) is 16.4. The third kappa shape index (κ3) is 53.3. The van der Waals surface area contributed by atoms with Crippen LogP contribution in [-0.2, 0) is 27.9 Å². The lowest BCUT2D eigenvalue weighted by atomic mass is 10.0. The highest BCUT2D eigenvalue weighted by molar-refractivity contribution is 7.45. The van der Waals surface area contributed by atoms with Gasteiger partial charge < -0.3 is 27.9 Å². The lowest BCUT2D eigenvalue weighted by molar-refractivity contribution is -0.870. The first-order chi connectivity index (χ1) is 31.6. The molecule has 0 fully saturated rings. The fourth-order valence-corrected chi connectivity index (χ4v) is 8.34. The summed E-state index contributed by atoms with van der Waals surface area (Å²) >= 11 is 0. The maximum absolute atomic E-state index is 12.8. The van der Waals surface area contributed by atoms with Gasteiger partial charge in [-0.15, -0.1) is 0 Å². The van der Waals surface area contributed by atoms with E-state index in [1.165, 1.54) is 167 Å². The summed E-state index contributed by atoms with van der Waals surface area (Å²) < 4.78 is 34.8. The first-order valence-electron chi connectivity index (χ1n) is 27.4. The fraction of sp³-hybridized carbons (Fsp3) is 0.839. The molecule has 0 bridgehead atoms. The van der Waals surface area contributed by atoms with Crippen LogP contribution in [0.3, 0.4) is 0 Å². The van der Waals surface area contributed by atoms with Crippen LogP contribution in [0.2, 0.25) is 0 Å². The largest absolute Gasteiger partial charge is 0.756 e. The van der Waals surface area contributed by atoms with Crippen molar-refractivity contribution in [2.75, 3.05) is 54.1 Å². The number of rotatable bonds is 51. The minimum absolute atomic E-state index is 0.0227. The summed E-state index contributed by atoms with van der Waals surface area (Å²) in [6, 6.07) is 0. The molecule has 65 heavy (non-hydrogen) atoms. The van der Waals surface area contributed by atoms with Gasteiger partial charge in [0, 0.05) is 13.0 Å². The molecule has 0 aliphatic carbocycles. The van der Waals surface area contributed by atoms with E-state index in [1.54, 1.807) is 0 Å². The summed E-state index contributed by atoms with van der Waals surface area (Å²) in [5.74, 6) is -0.344. The SMILES string of the molecule is CCCCC/C=C\C/C=C\C/C=C\CCCCCCCCC(=O)OC(COCCCCCCCCCCCCCC/C=C\CCCCCCCCCC)COP(=O)([O-])OCC[N+](C)(C)C. The van der Waals surface area contributed by atoms with Crippen LogP contribution in [0.25, 0.3) is 0 Å². The molecule has 0 aliphatic heterocycles. The van der Waals surface area contributed by atoms with Gasteiger partial charge >= 0.3 is 5.97 Å². The average molecular weight is 936 g/mol. The molecule has 0 saturated heterocycles. The lowest BCUT2D eigenvalue weighted by Gasteiger charge is -2.28. The number of likely N-dealkylation sites (N-methyl/N-ethyl adjacent to an activating group) is 1. The van der Waals surface area contributed by atoms with Crippen LogP contribution in [0.5, 0.6) is 0 Å². The van der Waals surface area contributed by atoms with Crippen molar-refractivity contribution < 1.29 is 37.3 Å². The average Bonchev–Trinajstić information content (AvgIpc) is 3.27. The summed E-state index contributed by atoms with van der Waals surface area (Å²) in [6.07, 6.45) is 61.4. The monoisotopic (exact) mass is 936 g/mol. The van der Waals surface area contributed by atoms with E-state index in [1.807, 2.05) is 21.1 Å². The van der Waals surface area contributed by atoms with E-state index in [-0.39, 0.29) is 25.8 Å². The number of nitrogens with zero attached hydrogens (tertiary/aromatic N) is 1. The van der Waals surface area contributed by atoms with E-state index in [9.17, 15) is 14.3 Å². The number of ether oxygens (including phenoxy) is 2. The summed E-state index contributed by atoms with van der Waals surface area (Å²) in [5.41, 5.74) is 0. The van der Waals surface area contributed by atoms with Gasteiger partial charge in [0.15, 0.2) is 0 Å². The Morgan fingerprint density at radius 3 is 1.31 bits per heavy atom. The van der Waals surface area contributed by atoms with E-state index < -0.39 is 13.9 Å². The minimum Gasteiger partial charge on any atom is -0.756 e. The third-order valence-electron chi connectivity index (χ3n) is 11.9. The van der Waals surface area contributed by atoms with Crippen LogP contribution < -0.4 is 4.89 Å². The van der Waals surface area contributed by atoms with Crippen LogP contribution in [0.4, 0.5) is 0 Å². The molecule has 0 aromatic rings. The van der Waals surface area contributed by atoms with Crippen LogP contribution in [-0.4, -0.2) is 70.7 Å². The first-order valence-corrected chi connectivity index (χ1v) is 28.8. The molecule has 0 aromatic carbocycles. The number of carbonyl (C=O) groups is 1. The van der Waals surface area contributed by atoms with Crippen LogP contribution in [0.15, 0.2) is 48.6 Å². The van der Waals surface area contributed by atoms with Crippen molar-refractivity contribution in [3.63, 3.8) is 0 Å². The number of phosphoric acid groups is 1. The van der Waals surface area contributed by atoms with Crippen LogP contribution >= 0.6 is 7.82 Å². The molecule has 0 N–H and O–H groups in total. The Morgan fingerprint density at radius 1 is 0.477 bits per heavy atom. The van der Waals surface area contributed by atoms with Gasteiger partial charge in [-0.3, -0.25) is 9.36 Å². The van der Waals surface area contributed by atoms with Gasteiger partial charge in [0.1, 0.15) is 19.3 Å². The number of hydrogen-bond donors (Lipinski definition) is 0. The van der Waals surface area contributed by atoms with E-state index >= 15 is 0 Å². The zero-order chi connectivity index (χ0) is 47.6. The number of allylic oxidation sites excluding steroid dienone is 8. The third-order valence-corrected chi connectivity index (χ3v) is 12.8. The molecule has 0 rings (SSSR count). The van der Waals surface area contributed by atoms with Gasteiger partial charge in [0.25, 0.3) is 7.82 Å². The molecule has 0 aliphatic rings. The quantitative estimate of drug-likeness (QED) is 0.0197. The summed E-state index contributed by atoms with van der Waals surface area (Å²) in [6.45, 7) is 5.40. The molecule has 0 aromatic heterocycles. The second kappa shape index (κ2) is 48.9. The highest BCUT2D eigenvalue weighted by atomic mass is 31.2. The van der Waals surface area contributed by atoms with Gasteiger partial charge in [-0.2, -0.15) is 0 Å². The maximum Gasteiger partial charge on any atom is 0.306 e. The second-order valence-electron chi connectivity index (χ2n) is 19.6. The highest BCUT2D eigenvalue weighted by Gasteiger charge is 2.20. The van der Waals surface area contributed by atoms with Gasteiger partial charge in [0.05, 0.1) is 34.4 Å². The van der Waals surface area contributed by atoms with Gasteiger partial charge in [0.2, 0.25) is 0 Å². The highest BCUT2D eigenvalue weighted by Crippen LogP contribution is 2.38. The Morgan fingerprint density at radius 2 is 0.846 bits per heavy atom. The minimum atomic E-state index is -4.54. The Labute approximate surface area is 403 Å². The number of phosphoric ester groups is 1. The Hall–Kier alpha value is -1.54. The first kappa shape index (κ1) is 63.5. The fourth-order valence-electron chi connectivity index (χ4n) is 7.61. The number of esters is 1. The van der Waals surface area contributed by atoms with Crippen molar-refractivity contribution in [1.29, 1.82) is 0 Å².